The molecular weight excluding hydrogens is 429 g/mol. The van der Waals surface area contributed by atoms with E-state index >= 15 is 0 Å². The number of nitrogens with zero attached hydrogens (tertiary/aromatic N) is 3. The number of anilines is 2. The minimum Gasteiger partial charge on any atom is -0.496 e. The monoisotopic (exact) mass is 446 g/mol. The van der Waals surface area contributed by atoms with Gasteiger partial charge in [-0.1, -0.05) is 11.8 Å². The number of urea groups is 1. The Balaban J connectivity index is 1.49. The lowest BCUT2D eigenvalue weighted by Crippen LogP contribution is -2.33. The first kappa shape index (κ1) is 21.0. The van der Waals surface area contributed by atoms with Gasteiger partial charge in [0.2, 0.25) is 0 Å². The van der Waals surface area contributed by atoms with E-state index in [4.69, 9.17) is 4.74 Å². The van der Waals surface area contributed by atoms with Crippen LogP contribution in [-0.2, 0) is 12.6 Å². The zero-order chi connectivity index (χ0) is 22.0. The number of nitrogens with one attached hydrogen (secondary N) is 1. The van der Waals surface area contributed by atoms with E-state index in [-0.39, 0.29) is 18.0 Å². The lowest BCUT2D eigenvalue weighted by molar-refractivity contribution is -0.138. The summed E-state index contributed by atoms with van der Waals surface area (Å²) < 4.78 is 45.0. The number of hydrogen-bond donors (Lipinski definition) is 1. The molecule has 0 bridgehead atoms. The Kier molecular flexibility index (Phi) is 5.73. The maximum atomic E-state index is 13.4. The fraction of sp³-hybridized carbons (Fsp3) is 0.190. The summed E-state index contributed by atoms with van der Waals surface area (Å²) >= 11 is 1.42. The van der Waals surface area contributed by atoms with Crippen LogP contribution >= 0.6 is 11.8 Å². The smallest absolute Gasteiger partial charge is 0.420 e. The molecule has 4 rings (SSSR count). The number of alkyl halides is 3. The van der Waals surface area contributed by atoms with Gasteiger partial charge in [0, 0.05) is 29.5 Å². The van der Waals surface area contributed by atoms with Crippen molar-refractivity contribution in [1.29, 1.82) is 0 Å². The molecule has 10 heteroatoms. The van der Waals surface area contributed by atoms with Crippen LogP contribution in [0.1, 0.15) is 11.1 Å². The Bertz CT molecular complexity index is 1090. The molecular formula is C21H17F3N4O2S. The summed E-state index contributed by atoms with van der Waals surface area (Å²) in [5, 5.41) is 3.41. The first-order valence-corrected chi connectivity index (χ1v) is 10.1. The summed E-state index contributed by atoms with van der Waals surface area (Å²) in [4.78, 5) is 23.3. The minimum absolute atomic E-state index is 0.224. The van der Waals surface area contributed by atoms with E-state index in [1.54, 1.807) is 24.5 Å². The number of benzene rings is 1. The van der Waals surface area contributed by atoms with Crippen molar-refractivity contribution in [2.24, 2.45) is 0 Å². The molecule has 1 aromatic carbocycles. The summed E-state index contributed by atoms with van der Waals surface area (Å²) in [7, 11) is 1.19. The number of halogens is 3. The highest BCUT2D eigenvalue weighted by atomic mass is 32.2. The number of carbonyl (C=O) groups is 1. The number of carbonyl (C=O) groups excluding carboxylic acids is 1. The van der Waals surface area contributed by atoms with Crippen molar-refractivity contribution < 1.29 is 22.7 Å². The highest BCUT2D eigenvalue weighted by Gasteiger charge is 2.37. The number of fused-ring (bicyclic) bond motifs is 1. The van der Waals surface area contributed by atoms with Crippen molar-refractivity contribution in [3.8, 4) is 5.75 Å². The molecule has 0 radical (unpaired) electrons. The van der Waals surface area contributed by atoms with Gasteiger partial charge in [0.1, 0.15) is 10.8 Å². The normalized spacial score (nSPS) is 13.1. The van der Waals surface area contributed by atoms with E-state index in [0.29, 0.717) is 17.7 Å². The van der Waals surface area contributed by atoms with Crippen molar-refractivity contribution in [3.63, 3.8) is 0 Å². The van der Waals surface area contributed by atoms with Crippen LogP contribution in [0.3, 0.4) is 0 Å². The van der Waals surface area contributed by atoms with E-state index in [0.717, 1.165) is 16.0 Å². The van der Waals surface area contributed by atoms with Crippen LogP contribution < -0.4 is 15.0 Å². The molecule has 0 unspecified atom stereocenters. The van der Waals surface area contributed by atoms with Gasteiger partial charge in [-0.05, 0) is 48.4 Å². The molecule has 2 amide bonds. The molecule has 1 aliphatic heterocycles. The molecule has 6 nitrogen and oxygen atoms in total. The van der Waals surface area contributed by atoms with Gasteiger partial charge in [0.15, 0.2) is 0 Å². The van der Waals surface area contributed by atoms with Gasteiger partial charge in [-0.25, -0.2) is 9.78 Å². The van der Waals surface area contributed by atoms with Crippen molar-refractivity contribution in [2.75, 3.05) is 23.9 Å². The third kappa shape index (κ3) is 4.58. The fourth-order valence-electron chi connectivity index (χ4n) is 3.25. The van der Waals surface area contributed by atoms with Gasteiger partial charge >= 0.3 is 12.2 Å². The summed E-state index contributed by atoms with van der Waals surface area (Å²) in [6, 6.07) is 8.96. The molecule has 0 saturated carbocycles. The first-order valence-electron chi connectivity index (χ1n) is 9.25. The number of amides is 2. The van der Waals surface area contributed by atoms with Crippen molar-refractivity contribution in [1.82, 2.24) is 9.97 Å². The number of pyridine rings is 2. The van der Waals surface area contributed by atoms with Crippen molar-refractivity contribution in [3.05, 3.63) is 66.1 Å². The third-order valence-electron chi connectivity index (χ3n) is 4.69. The van der Waals surface area contributed by atoms with Crippen molar-refractivity contribution >= 4 is 29.2 Å². The molecule has 3 aromatic rings. The summed E-state index contributed by atoms with van der Waals surface area (Å²) in [6.45, 7) is 0.272. The quantitative estimate of drug-likeness (QED) is 0.593. The van der Waals surface area contributed by atoms with Gasteiger partial charge in [-0.2, -0.15) is 13.2 Å². The SMILES string of the molecule is COc1cc2c(cc1C(F)(F)F)N(C(=O)Nc1ccc(Sc3cccnc3)nc1)CC2. The Morgan fingerprint density at radius 3 is 2.71 bits per heavy atom. The summed E-state index contributed by atoms with van der Waals surface area (Å²) in [5.74, 6) is -0.251. The topological polar surface area (TPSA) is 67.3 Å². The van der Waals surface area contributed by atoms with Crippen LogP contribution in [0.25, 0.3) is 0 Å². The highest BCUT2D eigenvalue weighted by molar-refractivity contribution is 7.99. The Labute approximate surface area is 180 Å². The predicted octanol–water partition coefficient (Wildman–Crippen LogP) is 5.25. The zero-order valence-corrected chi connectivity index (χ0v) is 17.1. The molecule has 0 saturated heterocycles. The maximum absolute atomic E-state index is 13.4. The van der Waals surface area contributed by atoms with Gasteiger partial charge in [-0.3, -0.25) is 9.88 Å². The van der Waals surface area contributed by atoms with Crippen LogP contribution in [0.15, 0.2) is 64.9 Å². The number of ether oxygens (including phenoxy) is 1. The Hall–Kier alpha value is -3.27. The molecule has 2 aromatic heterocycles. The number of hydrogen-bond acceptors (Lipinski definition) is 5. The zero-order valence-electron chi connectivity index (χ0n) is 16.3. The van der Waals surface area contributed by atoms with Crippen molar-refractivity contribution in [2.45, 2.75) is 22.5 Å². The molecule has 0 spiro atoms. The standard InChI is InChI=1S/C21H17F3N4O2S/c1-30-18-9-13-6-8-28(17(13)10-16(18)21(22,23)24)20(29)27-14-4-5-19(26-11-14)31-15-3-2-7-25-12-15/h2-5,7,9-12H,6,8H2,1H3,(H,27,29). The molecule has 0 fully saturated rings. The Morgan fingerprint density at radius 2 is 2.06 bits per heavy atom. The van der Waals surface area contributed by atoms with E-state index in [2.05, 4.69) is 15.3 Å². The molecule has 1 aliphatic rings. The second-order valence-corrected chi connectivity index (χ2v) is 7.78. The molecule has 0 aliphatic carbocycles. The van der Waals surface area contributed by atoms with E-state index in [1.165, 1.54) is 36.0 Å². The summed E-state index contributed by atoms with van der Waals surface area (Å²) in [6.07, 6.45) is 0.757. The van der Waals surface area contributed by atoms with Crippen LogP contribution in [0.4, 0.5) is 29.3 Å². The fourth-order valence-corrected chi connectivity index (χ4v) is 3.99. The minimum atomic E-state index is -4.59. The van der Waals surface area contributed by atoms with Crippen LogP contribution in [0.5, 0.6) is 5.75 Å². The number of rotatable bonds is 4. The largest absolute Gasteiger partial charge is 0.496 e. The van der Waals surface area contributed by atoms with E-state index < -0.39 is 17.8 Å². The lowest BCUT2D eigenvalue weighted by Gasteiger charge is -2.20. The Morgan fingerprint density at radius 1 is 1.23 bits per heavy atom. The molecule has 0 atom stereocenters. The third-order valence-corrected chi connectivity index (χ3v) is 5.62. The van der Waals surface area contributed by atoms with Crippen LogP contribution in [-0.4, -0.2) is 29.7 Å². The number of methoxy groups -OCH3 is 1. The predicted molar refractivity (Wildman–Crippen MR) is 111 cm³/mol. The second kappa shape index (κ2) is 8.46. The van der Waals surface area contributed by atoms with Gasteiger partial charge in [-0.15, -0.1) is 0 Å². The molecule has 160 valence electrons. The highest BCUT2D eigenvalue weighted by Crippen LogP contribution is 2.42. The first-order chi connectivity index (χ1) is 14.8. The molecule has 3 heterocycles. The summed E-state index contributed by atoms with van der Waals surface area (Å²) in [5.41, 5.74) is 0.383. The van der Waals surface area contributed by atoms with Crippen LogP contribution in [0, 0.1) is 0 Å². The van der Waals surface area contributed by atoms with E-state index in [9.17, 15) is 18.0 Å². The van der Waals surface area contributed by atoms with Crippen LogP contribution in [0.2, 0.25) is 0 Å². The molecule has 31 heavy (non-hydrogen) atoms. The second-order valence-electron chi connectivity index (χ2n) is 6.69. The average Bonchev–Trinajstić information content (AvgIpc) is 3.17. The number of aromatic nitrogens is 2. The van der Waals surface area contributed by atoms with Gasteiger partial charge in [0.05, 0.1) is 24.6 Å². The maximum Gasteiger partial charge on any atom is 0.420 e. The van der Waals surface area contributed by atoms with E-state index in [1.807, 2.05) is 12.1 Å². The average molecular weight is 446 g/mol. The molecule has 1 N–H and O–H groups in total. The lowest BCUT2D eigenvalue weighted by atomic mass is 10.1. The van der Waals surface area contributed by atoms with Gasteiger partial charge in [0.25, 0.3) is 0 Å². The van der Waals surface area contributed by atoms with Gasteiger partial charge < -0.3 is 10.1 Å².